The fraction of sp³-hybridized carbons (Fsp3) is 0.182. The second-order valence-corrected chi connectivity index (χ2v) is 7.76. The molecule has 0 radical (unpaired) electrons. The van der Waals surface area contributed by atoms with E-state index in [4.69, 9.17) is 4.74 Å². The molecule has 5 nitrogen and oxygen atoms in total. The molecular weight excluding hydrogens is 538 g/mol. The van der Waals surface area contributed by atoms with E-state index in [9.17, 15) is 41.0 Å². The van der Waals surface area contributed by atoms with Gasteiger partial charge in [0.05, 0.1) is 30.9 Å². The molecule has 0 atom stereocenters. The smallest absolute Gasteiger partial charge is 0.416 e. The number of methoxy groups -OCH3 is 2. The maximum atomic E-state index is 13.4. The topological polar surface area (TPSA) is 72.8 Å². The lowest BCUT2D eigenvalue weighted by molar-refractivity contribution is -0.138. The van der Waals surface area contributed by atoms with Crippen LogP contribution in [0.3, 0.4) is 0 Å². The number of halogens is 7. The molecule has 3 aromatic carbocycles. The largest absolute Gasteiger partial charge is 0.506 e. The highest BCUT2D eigenvalue weighted by Gasteiger charge is 2.36. The van der Waals surface area contributed by atoms with Crippen molar-refractivity contribution in [2.45, 2.75) is 12.4 Å². The Bertz CT molecular complexity index is 1310. The van der Waals surface area contributed by atoms with E-state index in [0.717, 1.165) is 32.4 Å². The van der Waals surface area contributed by atoms with Gasteiger partial charge in [-0.3, -0.25) is 0 Å². The summed E-state index contributed by atoms with van der Waals surface area (Å²) in [5, 5.41) is 9.98. The predicted octanol–water partition coefficient (Wildman–Crippen LogP) is 6.59. The van der Waals surface area contributed by atoms with Gasteiger partial charge in [-0.15, -0.1) is 0 Å². The van der Waals surface area contributed by atoms with E-state index >= 15 is 0 Å². The van der Waals surface area contributed by atoms with Crippen molar-refractivity contribution in [2.75, 3.05) is 14.2 Å². The number of alkyl halides is 6. The summed E-state index contributed by atoms with van der Waals surface area (Å²) in [5.41, 5.74) is -4.56. The van der Waals surface area contributed by atoms with Crippen LogP contribution < -0.4 is 0 Å². The van der Waals surface area contributed by atoms with E-state index in [0.29, 0.717) is 18.2 Å². The SMILES string of the molecule is COC(=O)c1c(-c2cc(C(F)(F)F)ccc2Br)c(C(=O)OC)c2ccc(C(F)(F)F)cc2c1O. The van der Waals surface area contributed by atoms with Crippen molar-refractivity contribution >= 4 is 38.6 Å². The number of carbonyl (C=O) groups excluding carboxylic acids is 2. The van der Waals surface area contributed by atoms with Crippen molar-refractivity contribution in [1.29, 1.82) is 0 Å². The Hall–Kier alpha value is -3.28. The number of aromatic hydroxyl groups is 1. The van der Waals surface area contributed by atoms with Crippen LogP contribution in [-0.2, 0) is 21.8 Å². The number of esters is 2. The van der Waals surface area contributed by atoms with Crippen LogP contribution in [0.1, 0.15) is 31.8 Å². The number of benzene rings is 3. The molecule has 0 spiro atoms. The molecule has 0 saturated heterocycles. The third-order valence-corrected chi connectivity index (χ3v) is 5.64. The first-order valence-electron chi connectivity index (χ1n) is 9.16. The quantitative estimate of drug-likeness (QED) is 0.294. The molecule has 0 aromatic heterocycles. The molecule has 34 heavy (non-hydrogen) atoms. The van der Waals surface area contributed by atoms with E-state index in [-0.39, 0.29) is 15.4 Å². The molecule has 180 valence electrons. The average Bonchev–Trinajstić information content (AvgIpc) is 2.76. The summed E-state index contributed by atoms with van der Waals surface area (Å²) in [4.78, 5) is 25.4. The third-order valence-electron chi connectivity index (χ3n) is 4.95. The highest BCUT2D eigenvalue weighted by atomic mass is 79.9. The van der Waals surface area contributed by atoms with E-state index in [2.05, 4.69) is 20.7 Å². The summed E-state index contributed by atoms with van der Waals surface area (Å²) in [5.74, 6) is -3.49. The van der Waals surface area contributed by atoms with E-state index in [1.165, 1.54) is 0 Å². The van der Waals surface area contributed by atoms with Gasteiger partial charge in [-0.1, -0.05) is 22.0 Å². The molecule has 0 aliphatic heterocycles. The molecule has 0 aliphatic carbocycles. The number of phenols is 1. The number of ether oxygens (including phenoxy) is 2. The van der Waals surface area contributed by atoms with Crippen LogP contribution in [0.4, 0.5) is 26.3 Å². The highest BCUT2D eigenvalue weighted by Crippen LogP contribution is 2.46. The van der Waals surface area contributed by atoms with Gasteiger partial charge in [-0.2, -0.15) is 26.3 Å². The van der Waals surface area contributed by atoms with Gasteiger partial charge >= 0.3 is 24.3 Å². The summed E-state index contributed by atoms with van der Waals surface area (Å²) in [7, 11) is 1.83. The zero-order valence-corrected chi connectivity index (χ0v) is 18.8. The Balaban J connectivity index is 2.61. The Morgan fingerprint density at radius 2 is 1.29 bits per heavy atom. The standard InChI is InChI=1S/C22H13BrF6O5/c1-33-19(31)16-11-5-3-9(21(24,25)26)7-12(11)18(30)17(20(32)34-2)15(16)13-8-10(22(27,28)29)4-6-14(13)23/h3-8,30H,1-2H3. The number of rotatable bonds is 3. The Labute approximate surface area is 196 Å². The summed E-state index contributed by atoms with van der Waals surface area (Å²) >= 11 is 3.07. The Morgan fingerprint density at radius 3 is 1.82 bits per heavy atom. The van der Waals surface area contributed by atoms with Gasteiger partial charge in [-0.25, -0.2) is 9.59 Å². The normalized spacial score (nSPS) is 12.0. The first-order valence-corrected chi connectivity index (χ1v) is 9.95. The summed E-state index contributed by atoms with van der Waals surface area (Å²) in [6, 6.07) is 4.35. The number of phenolic OH excluding ortho intramolecular Hbond substituents is 1. The number of hydrogen-bond donors (Lipinski definition) is 1. The van der Waals surface area contributed by atoms with Gasteiger partial charge in [0, 0.05) is 20.8 Å². The Kier molecular flexibility index (Phi) is 6.57. The van der Waals surface area contributed by atoms with E-state index in [1.54, 1.807) is 0 Å². The molecular formula is C22H13BrF6O5. The lowest BCUT2D eigenvalue weighted by Gasteiger charge is -2.20. The minimum atomic E-state index is -4.83. The van der Waals surface area contributed by atoms with Crippen LogP contribution >= 0.6 is 15.9 Å². The maximum Gasteiger partial charge on any atom is 0.416 e. The lowest BCUT2D eigenvalue weighted by atomic mass is 9.87. The second-order valence-electron chi connectivity index (χ2n) is 6.91. The Morgan fingerprint density at radius 1 is 0.794 bits per heavy atom. The minimum Gasteiger partial charge on any atom is -0.506 e. The first-order chi connectivity index (χ1) is 15.7. The van der Waals surface area contributed by atoms with E-state index < -0.39 is 63.2 Å². The van der Waals surface area contributed by atoms with Crippen molar-refractivity contribution in [3.63, 3.8) is 0 Å². The minimum absolute atomic E-state index is 0.0125. The van der Waals surface area contributed by atoms with Crippen LogP contribution in [-0.4, -0.2) is 31.3 Å². The molecule has 0 aliphatic rings. The zero-order chi connectivity index (χ0) is 25.6. The molecule has 0 amide bonds. The molecule has 12 heteroatoms. The molecule has 0 fully saturated rings. The van der Waals surface area contributed by atoms with Crippen molar-refractivity contribution in [2.24, 2.45) is 0 Å². The van der Waals surface area contributed by atoms with E-state index in [1.807, 2.05) is 0 Å². The molecule has 0 heterocycles. The molecule has 0 unspecified atom stereocenters. The van der Waals surface area contributed by atoms with Crippen LogP contribution in [0.15, 0.2) is 40.9 Å². The van der Waals surface area contributed by atoms with Gasteiger partial charge in [-0.05, 0) is 35.9 Å². The monoisotopic (exact) mass is 550 g/mol. The fourth-order valence-electron chi connectivity index (χ4n) is 3.42. The number of hydrogen-bond acceptors (Lipinski definition) is 5. The van der Waals surface area contributed by atoms with Crippen molar-refractivity contribution in [3.8, 4) is 16.9 Å². The van der Waals surface area contributed by atoms with Gasteiger partial charge in [0.25, 0.3) is 0 Å². The third kappa shape index (κ3) is 4.41. The van der Waals surface area contributed by atoms with Crippen LogP contribution in [0.5, 0.6) is 5.75 Å². The lowest BCUT2D eigenvalue weighted by Crippen LogP contribution is -2.13. The molecule has 1 N–H and O–H groups in total. The van der Waals surface area contributed by atoms with Crippen molar-refractivity contribution in [3.05, 3.63) is 63.1 Å². The predicted molar refractivity (Wildman–Crippen MR) is 111 cm³/mol. The van der Waals surface area contributed by atoms with Crippen LogP contribution in [0.25, 0.3) is 21.9 Å². The van der Waals surface area contributed by atoms with Crippen LogP contribution in [0.2, 0.25) is 0 Å². The van der Waals surface area contributed by atoms with Crippen LogP contribution in [0, 0.1) is 0 Å². The zero-order valence-electron chi connectivity index (χ0n) is 17.2. The molecule has 3 aromatic rings. The van der Waals surface area contributed by atoms with Gasteiger partial charge in [0.1, 0.15) is 11.3 Å². The van der Waals surface area contributed by atoms with Crippen molar-refractivity contribution in [1.82, 2.24) is 0 Å². The van der Waals surface area contributed by atoms with Gasteiger partial charge in [0.2, 0.25) is 0 Å². The summed E-state index contributed by atoms with van der Waals surface area (Å²) in [6.45, 7) is 0. The summed E-state index contributed by atoms with van der Waals surface area (Å²) < 4.78 is 89.3. The average molecular weight is 551 g/mol. The summed E-state index contributed by atoms with van der Waals surface area (Å²) in [6.07, 6.45) is -9.65. The number of carbonyl (C=O) groups is 2. The number of fused-ring (bicyclic) bond motifs is 1. The fourth-order valence-corrected chi connectivity index (χ4v) is 3.87. The molecule has 0 saturated carbocycles. The van der Waals surface area contributed by atoms with Gasteiger partial charge < -0.3 is 14.6 Å². The highest BCUT2D eigenvalue weighted by molar-refractivity contribution is 9.10. The second kappa shape index (κ2) is 8.82. The maximum absolute atomic E-state index is 13.4. The molecule has 0 bridgehead atoms. The van der Waals surface area contributed by atoms with Gasteiger partial charge in [0.15, 0.2) is 0 Å². The van der Waals surface area contributed by atoms with Crippen molar-refractivity contribution < 1.29 is 50.5 Å². The first kappa shape index (κ1) is 25.3. The molecule has 3 rings (SSSR count).